The van der Waals surface area contributed by atoms with Crippen molar-refractivity contribution in [2.45, 2.75) is 187 Å². The van der Waals surface area contributed by atoms with Crippen LogP contribution in [0.4, 0.5) is 17.5 Å². The fourth-order valence-corrected chi connectivity index (χ4v) is 19.2. The van der Waals surface area contributed by atoms with Gasteiger partial charge in [0.05, 0.1) is 67.7 Å². The zero-order valence-corrected chi connectivity index (χ0v) is 72.7. The molecule has 0 radical (unpaired) electrons. The van der Waals surface area contributed by atoms with Gasteiger partial charge < -0.3 is 62.7 Å². The van der Waals surface area contributed by atoms with E-state index in [-0.39, 0.29) is 42.2 Å². The molecule has 0 spiro atoms. The van der Waals surface area contributed by atoms with Gasteiger partial charge in [0.15, 0.2) is 0 Å². The smallest absolute Gasteiger partial charge is 0.318 e. The number of rotatable bonds is 18. The molecule has 1 unspecified atom stereocenters. The highest BCUT2D eigenvalue weighted by Crippen LogP contribution is 2.44. The summed E-state index contributed by atoms with van der Waals surface area (Å²) in [7, 11) is 6.46. The summed E-state index contributed by atoms with van der Waals surface area (Å²) in [5, 5.41) is 7.00. The number of hydrogen-bond acceptors (Lipinski definition) is 21. The molecule has 0 aliphatic carbocycles. The summed E-state index contributed by atoms with van der Waals surface area (Å²) in [6.45, 7) is 34.7. The van der Waals surface area contributed by atoms with Crippen molar-refractivity contribution in [3.05, 3.63) is 221 Å². The Kier molecular flexibility index (Phi) is 27.6. The van der Waals surface area contributed by atoms with E-state index in [1.807, 2.05) is 9.80 Å². The lowest BCUT2D eigenvalue weighted by molar-refractivity contribution is -0.127. The standard InChI is InChI=1S/C32H39N5O3.C32H38N5O3.C30H38N4O2.C3H3ClO/c2*1-5-29(38)36-15-16-37(22(3)18-36)31-26-20-39-28(25-13-7-11-23-10-6-9-21(2)30(23)25)17-27(26)33-32(34-31)40-19-24-12-8-14-35(24)4;1-20-9-6-11-22-12-7-14-24(28(20)22)27-17-26-25(19-35-27)29(34-16-5-4-10-21(34)2)32-30(31-26)36-18-23-13-8-15-33(23)3;1-2-3(4)5/h5-7,9-11,13,22,24,28H,1,8,12,14-20H2,2-4H3;5-11,13,22,24,28H,1,12,14-20H2,2-4H3;6-7,9,11-12,14,21,23,27H,4-5,8,10,13,15-19H2,1-3H3;2H,1H2/q;+1;;/t22-,24-,28-;22-,24-,28+;21-,23-,27?;/m000./s1. The Morgan fingerprint density at radius 2 is 0.810 bits per heavy atom. The van der Waals surface area contributed by atoms with E-state index < -0.39 is 5.24 Å². The number of likely N-dealkylation sites (N-methyl/N-ethyl adjacent to an activating group) is 3. The molecule has 24 heteroatoms. The van der Waals surface area contributed by atoms with Gasteiger partial charge in [0.2, 0.25) is 17.1 Å². The first-order valence-electron chi connectivity index (χ1n) is 43.4. The fourth-order valence-electron chi connectivity index (χ4n) is 19.2. The number of aromatic nitrogens is 6. The zero-order valence-electron chi connectivity index (χ0n) is 71.9. The van der Waals surface area contributed by atoms with E-state index in [1.165, 1.54) is 116 Å². The van der Waals surface area contributed by atoms with Crippen molar-refractivity contribution < 1.29 is 42.8 Å². The second-order valence-electron chi connectivity index (χ2n) is 34.0. The molecule has 6 fully saturated rings. The van der Waals surface area contributed by atoms with Crippen molar-refractivity contribution in [2.75, 3.05) is 121 Å². The third-order valence-electron chi connectivity index (χ3n) is 26.1. The number of allylic oxidation sites excluding steroid dienone is 1. The summed E-state index contributed by atoms with van der Waals surface area (Å²) in [5.74, 6) is 2.68. The van der Waals surface area contributed by atoms with Crippen LogP contribution in [0.2, 0.25) is 0 Å². The summed E-state index contributed by atoms with van der Waals surface area (Å²) < 4.78 is 38.5. The molecule has 121 heavy (non-hydrogen) atoms. The molecule has 0 bridgehead atoms. The SMILES string of the molecule is C=CC(=O)Cl.C=CC(=O)N1CCN(c2nc(OC[C@@H]3CCCN3C)nc3c2CO[C@H](c2cccc4cccc(C)c24)C3)[C@@H](C)C1.C=CC(=O)N1CCN(c2nc(OC[C@@H]3C[CH+]CN3C)nc3c2CO[C@@H](c2cccc4cccc(C)c24)C3)[C@@H](C)C1.Cc1cccc2cccc(C3Cc4nc(OC[C@@H]5CCCN5C)nc(N5CCCC[C@@H]5C)c4CO3)c12. The maximum atomic E-state index is 12.3. The van der Waals surface area contributed by atoms with Crippen LogP contribution in [-0.2, 0) is 67.7 Å². The zero-order chi connectivity index (χ0) is 84.5. The first kappa shape index (κ1) is 85.9. The number of ether oxygens (including phenoxy) is 6. The molecule has 2 amide bonds. The second-order valence-corrected chi connectivity index (χ2v) is 34.4. The molecule has 3 aromatic heterocycles. The Labute approximate surface area is 718 Å². The van der Waals surface area contributed by atoms with Crippen LogP contribution in [0, 0.1) is 27.2 Å². The van der Waals surface area contributed by atoms with Crippen LogP contribution in [0.1, 0.15) is 158 Å². The first-order chi connectivity index (χ1) is 58.7. The van der Waals surface area contributed by atoms with Crippen molar-refractivity contribution >= 4 is 78.4 Å². The summed E-state index contributed by atoms with van der Waals surface area (Å²) in [4.78, 5) is 81.7. The number of aryl methyl sites for hydroxylation is 3. The second kappa shape index (κ2) is 39.0. The predicted octanol–water partition coefficient (Wildman–Crippen LogP) is 15.3. The molecule has 9 aliphatic heterocycles. The summed E-state index contributed by atoms with van der Waals surface area (Å²) in [6, 6.07) is 41.9. The topological polar surface area (TPSA) is 210 Å². The average molecular weight is 1660 g/mol. The monoisotopic (exact) mass is 1660 g/mol. The Balaban J connectivity index is 0.000000137. The largest absolute Gasteiger partial charge is 0.462 e. The summed E-state index contributed by atoms with van der Waals surface area (Å²) in [6.07, 6.45) is 17.3. The molecule has 0 N–H and O–H groups in total. The highest BCUT2D eigenvalue weighted by molar-refractivity contribution is 6.66. The van der Waals surface area contributed by atoms with Gasteiger partial charge >= 0.3 is 18.0 Å². The van der Waals surface area contributed by atoms with Crippen LogP contribution in [0.3, 0.4) is 0 Å². The lowest BCUT2D eigenvalue weighted by Gasteiger charge is -2.41. The van der Waals surface area contributed by atoms with Gasteiger partial charge in [-0.25, -0.2) is 0 Å². The molecule has 9 aliphatic rings. The highest BCUT2D eigenvalue weighted by atomic mass is 35.5. The van der Waals surface area contributed by atoms with Crippen molar-refractivity contribution in [1.29, 1.82) is 0 Å². The molecule has 6 aromatic carbocycles. The third-order valence-corrected chi connectivity index (χ3v) is 26.2. The molecular formula is C97H118ClN14O9+. The number of benzene rings is 6. The Morgan fingerprint density at radius 1 is 0.446 bits per heavy atom. The third kappa shape index (κ3) is 19.4. The number of amides is 2. The van der Waals surface area contributed by atoms with E-state index in [2.05, 4.69) is 227 Å². The van der Waals surface area contributed by atoms with Crippen LogP contribution in [0.15, 0.2) is 147 Å². The number of fused-ring (bicyclic) bond motifs is 6. The molecule has 6 saturated heterocycles. The molecule has 9 atom stereocenters. The number of nitrogens with zero attached hydrogens (tertiary/aromatic N) is 14. The van der Waals surface area contributed by atoms with Crippen molar-refractivity contribution in [3.8, 4) is 18.0 Å². The number of anilines is 3. The first-order valence-corrected chi connectivity index (χ1v) is 43.8. The minimum absolute atomic E-state index is 0.0300. The van der Waals surface area contributed by atoms with Crippen molar-refractivity contribution in [1.82, 2.24) is 54.4 Å². The van der Waals surface area contributed by atoms with E-state index in [0.717, 1.165) is 103 Å². The Bertz CT molecular complexity index is 5030. The van der Waals surface area contributed by atoms with Crippen LogP contribution in [0.25, 0.3) is 32.3 Å². The molecule has 12 heterocycles. The van der Waals surface area contributed by atoms with Gasteiger partial charge in [0.1, 0.15) is 50.2 Å². The van der Waals surface area contributed by atoms with Gasteiger partial charge in [-0.3, -0.25) is 19.3 Å². The maximum absolute atomic E-state index is 12.3. The van der Waals surface area contributed by atoms with Gasteiger partial charge in [-0.2, -0.15) is 29.9 Å². The minimum atomic E-state index is -0.509. The minimum Gasteiger partial charge on any atom is -0.462 e. The number of piperazine rings is 2. The van der Waals surface area contributed by atoms with Crippen molar-refractivity contribution in [2.24, 2.45) is 0 Å². The number of carbonyl (C=O) groups is 3. The maximum Gasteiger partial charge on any atom is 0.318 e. The van der Waals surface area contributed by atoms with Gasteiger partial charge in [-0.05, 0) is 216 Å². The van der Waals surface area contributed by atoms with Crippen LogP contribution < -0.4 is 28.9 Å². The molecule has 18 rings (SSSR count). The van der Waals surface area contributed by atoms with Gasteiger partial charge in [0, 0.05) is 112 Å². The van der Waals surface area contributed by atoms with Gasteiger partial charge in [0.25, 0.3) is 0 Å². The van der Waals surface area contributed by atoms with E-state index in [1.54, 1.807) is 0 Å². The Hall–Kier alpha value is -10.1. The fraction of sp³-hybridized carbons (Fsp3) is 0.464. The molecule has 636 valence electrons. The van der Waals surface area contributed by atoms with E-state index >= 15 is 0 Å². The highest BCUT2D eigenvalue weighted by Gasteiger charge is 2.39. The van der Waals surface area contributed by atoms with Crippen LogP contribution >= 0.6 is 11.6 Å². The lowest BCUT2D eigenvalue weighted by Crippen LogP contribution is -2.54. The Morgan fingerprint density at radius 3 is 1.13 bits per heavy atom. The van der Waals surface area contributed by atoms with E-state index in [4.69, 9.17) is 69.9 Å². The number of carbonyl (C=O) groups excluding carboxylic acids is 3. The molecule has 0 saturated carbocycles. The number of hydrogen-bond donors (Lipinski definition) is 0. The molecular weight excluding hydrogens is 1540 g/mol. The van der Waals surface area contributed by atoms with Crippen molar-refractivity contribution in [3.63, 3.8) is 0 Å². The van der Waals surface area contributed by atoms with Gasteiger partial charge in [-0.1, -0.05) is 129 Å². The summed E-state index contributed by atoms with van der Waals surface area (Å²) in [5.41, 5.74) is 13.6. The number of halogens is 1. The van der Waals surface area contributed by atoms with E-state index in [0.29, 0.717) is 134 Å². The lowest BCUT2D eigenvalue weighted by atomic mass is 9.92. The molecule has 9 aromatic rings. The van der Waals surface area contributed by atoms with E-state index in [9.17, 15) is 14.4 Å². The number of likely N-dealkylation sites (tertiary alicyclic amines) is 3. The molecule has 23 nitrogen and oxygen atoms in total. The normalized spacial score (nSPS) is 23.0. The van der Waals surface area contributed by atoms with Crippen LogP contribution in [-0.4, -0.2) is 214 Å². The predicted molar refractivity (Wildman–Crippen MR) is 478 cm³/mol. The summed E-state index contributed by atoms with van der Waals surface area (Å²) >= 11 is 4.71. The van der Waals surface area contributed by atoms with Crippen LogP contribution in [0.5, 0.6) is 18.0 Å². The number of piperidine rings is 1. The quantitative estimate of drug-likeness (QED) is 0.0444. The average Bonchev–Trinajstić information content (AvgIpc) is 1.02. The van der Waals surface area contributed by atoms with Gasteiger partial charge in [-0.15, -0.1) is 0 Å².